The lowest BCUT2D eigenvalue weighted by Crippen LogP contribution is -2.42. The van der Waals surface area contributed by atoms with E-state index >= 15 is 0 Å². The molecule has 1 N–H and O–H groups in total. The first kappa shape index (κ1) is 18.0. The summed E-state index contributed by atoms with van der Waals surface area (Å²) in [5, 5.41) is 2.64. The topological polar surface area (TPSA) is 90.4 Å². The first-order valence-electron chi connectivity index (χ1n) is 7.02. The fourth-order valence-electron chi connectivity index (χ4n) is 1.83. The van der Waals surface area contributed by atoms with E-state index in [4.69, 9.17) is 9.47 Å². The number of hydrogen-bond donors (Lipinski definition) is 1. The predicted octanol–water partition coefficient (Wildman–Crippen LogP) is 1.90. The quantitative estimate of drug-likeness (QED) is 0.807. The Kier molecular flexibility index (Phi) is 6.42. The van der Waals surface area contributed by atoms with Gasteiger partial charge < -0.3 is 14.8 Å². The van der Waals surface area contributed by atoms with Gasteiger partial charge in [0.1, 0.15) is 11.3 Å². The molecule has 0 saturated heterocycles. The molecule has 1 aromatic rings. The molecule has 0 fully saturated rings. The molecule has 1 amide bonds. The zero-order valence-electron chi connectivity index (χ0n) is 13.7. The highest BCUT2D eigenvalue weighted by atomic mass is 16.6. The summed E-state index contributed by atoms with van der Waals surface area (Å²) in [6.45, 7) is 7.22. The van der Waals surface area contributed by atoms with Crippen LogP contribution in [0.2, 0.25) is 0 Å². The number of rotatable bonds is 6. The lowest BCUT2D eigenvalue weighted by molar-refractivity contribution is 0.0464. The number of carbonyl (C=O) groups excluding carboxylic acids is 2. The van der Waals surface area contributed by atoms with Crippen molar-refractivity contribution in [1.29, 1.82) is 0 Å². The fraction of sp³-hybridized carbons (Fsp3) is 0.600. The van der Waals surface area contributed by atoms with E-state index in [1.807, 2.05) is 0 Å². The number of carbonyl (C=O) groups is 2. The van der Waals surface area contributed by atoms with Crippen LogP contribution in [0.1, 0.15) is 43.4 Å². The SMILES string of the molecule is COCC(CC(=O)c1nccnc1C)NC(=O)OC(C)(C)C. The maximum absolute atomic E-state index is 12.3. The van der Waals surface area contributed by atoms with Crippen LogP contribution in [0.3, 0.4) is 0 Å². The molecule has 1 rings (SSSR count). The molecule has 1 heterocycles. The lowest BCUT2D eigenvalue weighted by atomic mass is 10.1. The van der Waals surface area contributed by atoms with E-state index in [0.717, 1.165) is 0 Å². The first-order valence-corrected chi connectivity index (χ1v) is 7.02. The largest absolute Gasteiger partial charge is 0.444 e. The van der Waals surface area contributed by atoms with Gasteiger partial charge in [0.25, 0.3) is 0 Å². The van der Waals surface area contributed by atoms with Gasteiger partial charge >= 0.3 is 6.09 Å². The maximum Gasteiger partial charge on any atom is 0.407 e. The van der Waals surface area contributed by atoms with E-state index < -0.39 is 17.7 Å². The van der Waals surface area contributed by atoms with Crippen molar-refractivity contribution < 1.29 is 19.1 Å². The van der Waals surface area contributed by atoms with Crippen LogP contribution >= 0.6 is 0 Å². The zero-order chi connectivity index (χ0) is 16.8. The summed E-state index contributed by atoms with van der Waals surface area (Å²) in [5.41, 5.74) is 0.253. The van der Waals surface area contributed by atoms with Crippen molar-refractivity contribution in [2.24, 2.45) is 0 Å². The van der Waals surface area contributed by atoms with Crippen molar-refractivity contribution in [3.05, 3.63) is 23.8 Å². The zero-order valence-corrected chi connectivity index (χ0v) is 13.7. The number of methoxy groups -OCH3 is 1. The van der Waals surface area contributed by atoms with Crippen LogP contribution in [-0.2, 0) is 9.47 Å². The van der Waals surface area contributed by atoms with Crippen molar-refractivity contribution in [2.75, 3.05) is 13.7 Å². The van der Waals surface area contributed by atoms with Crippen LogP contribution in [0.4, 0.5) is 4.79 Å². The molecule has 7 heteroatoms. The number of aromatic nitrogens is 2. The van der Waals surface area contributed by atoms with Crippen LogP contribution in [0, 0.1) is 6.92 Å². The van der Waals surface area contributed by atoms with Gasteiger partial charge in [-0.3, -0.25) is 9.78 Å². The Morgan fingerprint density at radius 1 is 1.27 bits per heavy atom. The van der Waals surface area contributed by atoms with Gasteiger partial charge in [-0.1, -0.05) is 0 Å². The number of ketones is 1. The summed E-state index contributed by atoms with van der Waals surface area (Å²) in [5.74, 6) is -0.205. The van der Waals surface area contributed by atoms with Gasteiger partial charge in [-0.05, 0) is 27.7 Å². The third-order valence-electron chi connectivity index (χ3n) is 2.67. The Bertz CT molecular complexity index is 526. The van der Waals surface area contributed by atoms with Crippen LogP contribution in [0.15, 0.2) is 12.4 Å². The predicted molar refractivity (Wildman–Crippen MR) is 80.8 cm³/mol. The number of aryl methyl sites for hydroxylation is 1. The highest BCUT2D eigenvalue weighted by Gasteiger charge is 2.23. The van der Waals surface area contributed by atoms with E-state index in [-0.39, 0.29) is 18.8 Å². The Hall–Kier alpha value is -2.02. The number of nitrogens with zero attached hydrogens (tertiary/aromatic N) is 2. The van der Waals surface area contributed by atoms with Gasteiger partial charge in [0.2, 0.25) is 0 Å². The summed E-state index contributed by atoms with van der Waals surface area (Å²) in [6.07, 6.45) is 2.47. The van der Waals surface area contributed by atoms with E-state index in [1.165, 1.54) is 19.5 Å². The van der Waals surface area contributed by atoms with E-state index in [2.05, 4.69) is 15.3 Å². The normalized spacial score (nSPS) is 12.6. The minimum absolute atomic E-state index is 0.0621. The van der Waals surface area contributed by atoms with Crippen molar-refractivity contribution in [3.63, 3.8) is 0 Å². The minimum Gasteiger partial charge on any atom is -0.444 e. The molecular weight excluding hydrogens is 286 g/mol. The number of Topliss-reactive ketones (excluding diaryl/α,β-unsaturated/α-hetero) is 1. The second-order valence-electron chi connectivity index (χ2n) is 5.92. The summed E-state index contributed by atoms with van der Waals surface area (Å²) >= 11 is 0. The van der Waals surface area contributed by atoms with E-state index in [9.17, 15) is 9.59 Å². The van der Waals surface area contributed by atoms with Crippen molar-refractivity contribution in [1.82, 2.24) is 15.3 Å². The van der Waals surface area contributed by atoms with E-state index in [0.29, 0.717) is 11.4 Å². The molecule has 0 radical (unpaired) electrons. The molecule has 7 nitrogen and oxygen atoms in total. The fourth-order valence-corrected chi connectivity index (χ4v) is 1.83. The summed E-state index contributed by atoms with van der Waals surface area (Å²) in [4.78, 5) is 32.1. The van der Waals surface area contributed by atoms with Crippen LogP contribution in [0.5, 0.6) is 0 Å². The Morgan fingerprint density at radius 2 is 1.91 bits per heavy atom. The Morgan fingerprint density at radius 3 is 2.45 bits per heavy atom. The third kappa shape index (κ3) is 6.17. The number of hydrogen-bond acceptors (Lipinski definition) is 6. The molecule has 1 unspecified atom stereocenters. The average molecular weight is 309 g/mol. The number of nitrogens with one attached hydrogen (secondary N) is 1. The Labute approximate surface area is 130 Å². The first-order chi connectivity index (χ1) is 10.2. The van der Waals surface area contributed by atoms with Crippen molar-refractivity contribution >= 4 is 11.9 Å². The summed E-state index contributed by atoms with van der Waals surface area (Å²) < 4.78 is 10.2. The molecule has 1 aromatic heterocycles. The molecule has 1 atom stereocenters. The van der Waals surface area contributed by atoms with Crippen molar-refractivity contribution in [2.45, 2.75) is 45.8 Å². The monoisotopic (exact) mass is 309 g/mol. The highest BCUT2D eigenvalue weighted by Crippen LogP contribution is 2.09. The van der Waals surface area contributed by atoms with Gasteiger partial charge in [0, 0.05) is 25.9 Å². The highest BCUT2D eigenvalue weighted by molar-refractivity contribution is 5.95. The van der Waals surface area contributed by atoms with E-state index in [1.54, 1.807) is 27.7 Å². The standard InChI is InChI=1S/C15H23N3O4/c1-10-13(17-7-6-16-10)12(19)8-11(9-21-5)18-14(20)22-15(2,3)4/h6-7,11H,8-9H2,1-5H3,(H,18,20). The molecule has 0 spiro atoms. The minimum atomic E-state index is -0.604. The Balaban J connectivity index is 2.70. The number of amides is 1. The molecule has 0 aliphatic rings. The smallest absolute Gasteiger partial charge is 0.407 e. The summed E-state index contributed by atoms with van der Waals surface area (Å²) in [7, 11) is 1.50. The maximum atomic E-state index is 12.3. The molecule has 22 heavy (non-hydrogen) atoms. The molecule has 0 aliphatic heterocycles. The van der Waals surface area contributed by atoms with Crippen LogP contribution in [-0.4, -0.2) is 47.2 Å². The second kappa shape index (κ2) is 7.84. The van der Waals surface area contributed by atoms with Crippen molar-refractivity contribution in [3.8, 4) is 0 Å². The van der Waals surface area contributed by atoms with Gasteiger partial charge in [-0.2, -0.15) is 0 Å². The van der Waals surface area contributed by atoms with Crippen LogP contribution < -0.4 is 5.32 Å². The number of alkyl carbamates (subject to hydrolysis) is 1. The number of ether oxygens (including phenoxy) is 2. The second-order valence-corrected chi connectivity index (χ2v) is 5.92. The van der Waals surface area contributed by atoms with Crippen LogP contribution in [0.25, 0.3) is 0 Å². The molecule has 0 bridgehead atoms. The molecular formula is C15H23N3O4. The molecule has 0 saturated carbocycles. The van der Waals surface area contributed by atoms with Gasteiger partial charge in [0.05, 0.1) is 18.3 Å². The lowest BCUT2D eigenvalue weighted by Gasteiger charge is -2.23. The molecule has 122 valence electrons. The third-order valence-corrected chi connectivity index (χ3v) is 2.67. The van der Waals surface area contributed by atoms with Gasteiger partial charge in [-0.25, -0.2) is 9.78 Å². The van der Waals surface area contributed by atoms with Gasteiger partial charge in [-0.15, -0.1) is 0 Å². The average Bonchev–Trinajstić information content (AvgIpc) is 2.36. The van der Waals surface area contributed by atoms with Gasteiger partial charge in [0.15, 0.2) is 5.78 Å². The molecule has 0 aromatic carbocycles. The summed E-state index contributed by atoms with van der Waals surface area (Å²) in [6, 6.07) is -0.492. The molecule has 0 aliphatic carbocycles.